The average molecular weight is 771 g/mol. The maximum absolute atomic E-state index is 12.3. The first kappa shape index (κ1) is 40.2. The molecule has 0 aromatic rings. The van der Waals surface area contributed by atoms with Gasteiger partial charge in [-0.1, -0.05) is 34.6 Å². The van der Waals surface area contributed by atoms with Crippen molar-refractivity contribution in [1.82, 2.24) is 0 Å². The number of fused-ring (bicyclic) bond motifs is 7. The van der Waals surface area contributed by atoms with Crippen molar-refractivity contribution >= 4 is 0 Å². The summed E-state index contributed by atoms with van der Waals surface area (Å²) in [6.45, 7) is 13.0. The van der Waals surface area contributed by atoms with Crippen molar-refractivity contribution < 1.29 is 69.3 Å². The van der Waals surface area contributed by atoms with Crippen LogP contribution in [0.25, 0.3) is 0 Å². The molecule has 1 spiro atoms. The minimum absolute atomic E-state index is 0.0959. The van der Waals surface area contributed by atoms with Crippen LogP contribution in [-0.4, -0.2) is 146 Å². The normalized spacial score (nSPS) is 61.4. The predicted molar refractivity (Wildman–Crippen MR) is 189 cm³/mol. The Balaban J connectivity index is 1.01. The van der Waals surface area contributed by atoms with Crippen molar-refractivity contribution in [2.45, 2.75) is 185 Å². The third-order valence-electron chi connectivity index (χ3n) is 17.0. The third kappa shape index (κ3) is 5.78. The van der Waals surface area contributed by atoms with Gasteiger partial charge in [0.1, 0.15) is 48.8 Å². The zero-order valence-electron chi connectivity index (χ0n) is 32.6. The van der Waals surface area contributed by atoms with Gasteiger partial charge in [-0.2, -0.15) is 0 Å². The van der Waals surface area contributed by atoms with Gasteiger partial charge in [0, 0.05) is 17.8 Å². The lowest BCUT2D eigenvalue weighted by molar-refractivity contribution is -0.378. The van der Waals surface area contributed by atoms with Crippen LogP contribution in [0.2, 0.25) is 0 Å². The quantitative estimate of drug-likeness (QED) is 0.182. The highest BCUT2D eigenvalue weighted by Crippen LogP contribution is 2.73. The SMILES string of the molecule is CC1CCC2(OC1)OC1CC3C4CCC5(C)CC(OC6OC(CO)C(O)C(O)C6OC6OC(C)C(O)C(O)C6O)C(O)C(O)C5(C)C4CCC3(C)C1C2C. The fraction of sp³-hybridized carbons (Fsp3) is 1.00. The highest BCUT2D eigenvalue weighted by Gasteiger charge is 2.72. The summed E-state index contributed by atoms with van der Waals surface area (Å²) in [6, 6.07) is 0. The monoisotopic (exact) mass is 770 g/mol. The second kappa shape index (κ2) is 14.0. The van der Waals surface area contributed by atoms with Crippen LogP contribution in [0.4, 0.5) is 0 Å². The lowest BCUT2D eigenvalue weighted by Gasteiger charge is -2.67. The van der Waals surface area contributed by atoms with Gasteiger partial charge in [-0.3, -0.25) is 0 Å². The van der Waals surface area contributed by atoms with Gasteiger partial charge in [-0.15, -0.1) is 0 Å². The standard InChI is InChI=1S/C40H66O14/c1-17-7-12-40(49-16-17)18(2)26-23(54-40)13-22-20-8-10-37(4)14-24(29(44)34(48)39(37,6)21(20)9-11-38(22,26)5)51-36-33(31(46)28(43)25(15-41)52-36)53-35-32(47)30(45)27(42)19(3)50-35/h17-36,41-48H,7-16H2,1-6H3. The summed E-state index contributed by atoms with van der Waals surface area (Å²) in [5, 5.41) is 87.4. The summed E-state index contributed by atoms with van der Waals surface area (Å²) >= 11 is 0. The molecule has 0 radical (unpaired) electrons. The molecular weight excluding hydrogens is 704 g/mol. The van der Waals surface area contributed by atoms with E-state index in [-0.39, 0.29) is 17.4 Å². The van der Waals surface area contributed by atoms with Crippen molar-refractivity contribution in [2.24, 2.45) is 51.8 Å². The zero-order chi connectivity index (χ0) is 38.9. The summed E-state index contributed by atoms with van der Waals surface area (Å²) < 4.78 is 37.3. The van der Waals surface area contributed by atoms with Gasteiger partial charge in [0.2, 0.25) is 0 Å². The molecule has 54 heavy (non-hydrogen) atoms. The Morgan fingerprint density at radius 2 is 1.46 bits per heavy atom. The van der Waals surface area contributed by atoms with Crippen molar-refractivity contribution in [3.05, 3.63) is 0 Å². The molecule has 0 bridgehead atoms. The van der Waals surface area contributed by atoms with Gasteiger partial charge in [-0.25, -0.2) is 0 Å². The van der Waals surface area contributed by atoms with E-state index in [2.05, 4.69) is 34.6 Å². The van der Waals surface area contributed by atoms with Crippen LogP contribution >= 0.6 is 0 Å². The maximum atomic E-state index is 12.3. The van der Waals surface area contributed by atoms with Crippen molar-refractivity contribution in [2.75, 3.05) is 13.2 Å². The molecule has 14 heteroatoms. The third-order valence-corrected chi connectivity index (χ3v) is 17.0. The van der Waals surface area contributed by atoms with E-state index in [1.165, 1.54) is 6.92 Å². The van der Waals surface area contributed by atoms with Crippen LogP contribution in [0.3, 0.4) is 0 Å². The minimum atomic E-state index is -1.70. The molecule has 0 amide bonds. The highest BCUT2D eigenvalue weighted by molar-refractivity contribution is 5.19. The predicted octanol–water partition coefficient (Wildman–Crippen LogP) is 0.802. The maximum Gasteiger partial charge on any atom is 0.187 e. The van der Waals surface area contributed by atoms with E-state index < -0.39 is 103 Å². The number of aliphatic hydroxyl groups excluding tert-OH is 8. The van der Waals surface area contributed by atoms with Crippen LogP contribution in [-0.2, 0) is 28.4 Å². The fourth-order valence-corrected chi connectivity index (χ4v) is 13.6. The zero-order valence-corrected chi connectivity index (χ0v) is 32.6. The van der Waals surface area contributed by atoms with E-state index >= 15 is 0 Å². The molecule has 4 aliphatic carbocycles. The van der Waals surface area contributed by atoms with Crippen molar-refractivity contribution in [1.29, 1.82) is 0 Å². The molecule has 4 saturated carbocycles. The Morgan fingerprint density at radius 3 is 2.15 bits per heavy atom. The highest BCUT2D eigenvalue weighted by atomic mass is 16.8. The number of hydrogen-bond donors (Lipinski definition) is 8. The molecule has 8 rings (SSSR count). The smallest absolute Gasteiger partial charge is 0.187 e. The van der Waals surface area contributed by atoms with Gasteiger partial charge in [0.15, 0.2) is 18.4 Å². The van der Waals surface area contributed by atoms with Gasteiger partial charge >= 0.3 is 0 Å². The summed E-state index contributed by atoms with van der Waals surface area (Å²) in [7, 11) is 0. The molecule has 14 nitrogen and oxygen atoms in total. The van der Waals surface area contributed by atoms with E-state index in [1.54, 1.807) is 0 Å². The van der Waals surface area contributed by atoms with Crippen LogP contribution in [0.1, 0.15) is 92.9 Å². The molecule has 4 saturated heterocycles. The number of rotatable bonds is 5. The lowest BCUT2D eigenvalue weighted by Crippen LogP contribution is -2.69. The van der Waals surface area contributed by atoms with Crippen LogP contribution in [0, 0.1) is 51.8 Å². The molecule has 24 atom stereocenters. The Kier molecular flexibility index (Phi) is 10.5. The Bertz CT molecular complexity index is 1360. The molecule has 310 valence electrons. The molecule has 4 aliphatic heterocycles. The van der Waals surface area contributed by atoms with E-state index in [9.17, 15) is 40.9 Å². The fourth-order valence-electron chi connectivity index (χ4n) is 13.6. The average Bonchev–Trinajstić information content (AvgIpc) is 3.59. The van der Waals surface area contributed by atoms with Gasteiger partial charge in [-0.05, 0) is 92.3 Å². The van der Waals surface area contributed by atoms with Crippen LogP contribution in [0.15, 0.2) is 0 Å². The first-order valence-electron chi connectivity index (χ1n) is 20.7. The first-order chi connectivity index (χ1) is 25.4. The summed E-state index contributed by atoms with van der Waals surface area (Å²) in [4.78, 5) is 0. The second-order valence-corrected chi connectivity index (χ2v) is 19.6. The van der Waals surface area contributed by atoms with Crippen molar-refractivity contribution in [3.63, 3.8) is 0 Å². The van der Waals surface area contributed by atoms with Gasteiger partial charge < -0.3 is 69.3 Å². The lowest BCUT2D eigenvalue weighted by atomic mass is 9.39. The molecular formula is C40H66O14. The number of aliphatic hydroxyl groups is 8. The Hall–Kier alpha value is -0.560. The first-order valence-corrected chi connectivity index (χ1v) is 20.7. The summed E-state index contributed by atoms with van der Waals surface area (Å²) in [5.74, 6) is 1.75. The second-order valence-electron chi connectivity index (χ2n) is 19.6. The van der Waals surface area contributed by atoms with E-state index in [1.807, 2.05) is 0 Å². The largest absolute Gasteiger partial charge is 0.394 e. The number of ether oxygens (including phenoxy) is 6. The van der Waals surface area contributed by atoms with E-state index in [0.29, 0.717) is 36.0 Å². The molecule has 4 heterocycles. The molecule has 8 N–H and O–H groups in total. The van der Waals surface area contributed by atoms with Crippen LogP contribution in [0.5, 0.6) is 0 Å². The van der Waals surface area contributed by atoms with Crippen molar-refractivity contribution in [3.8, 4) is 0 Å². The van der Waals surface area contributed by atoms with E-state index in [0.717, 1.165) is 51.6 Å². The van der Waals surface area contributed by atoms with Gasteiger partial charge in [0.05, 0.1) is 37.6 Å². The Morgan fingerprint density at radius 1 is 0.722 bits per heavy atom. The van der Waals surface area contributed by atoms with Crippen LogP contribution < -0.4 is 0 Å². The molecule has 0 aromatic heterocycles. The minimum Gasteiger partial charge on any atom is -0.394 e. The molecule has 8 fully saturated rings. The summed E-state index contributed by atoms with van der Waals surface area (Å²) in [6.07, 6.45) is -10.8. The summed E-state index contributed by atoms with van der Waals surface area (Å²) in [5.41, 5.74) is -0.985. The molecule has 24 unspecified atom stereocenters. The van der Waals surface area contributed by atoms with E-state index in [4.69, 9.17) is 28.4 Å². The van der Waals surface area contributed by atoms with Gasteiger partial charge in [0.25, 0.3) is 0 Å². The molecule has 0 aromatic carbocycles. The Labute approximate surface area is 318 Å². The topological polar surface area (TPSA) is 217 Å². The number of hydrogen-bond acceptors (Lipinski definition) is 14. The molecule has 8 aliphatic rings.